The molecule has 1 aliphatic rings. The molecular weight excluding hydrogens is 392 g/mol. The molecule has 0 aliphatic carbocycles. The van der Waals surface area contributed by atoms with Gasteiger partial charge in [-0.1, -0.05) is 36.4 Å². The Labute approximate surface area is 180 Å². The average molecular weight is 414 g/mol. The number of pyridine rings is 1. The Morgan fingerprint density at radius 2 is 1.77 bits per heavy atom. The van der Waals surface area contributed by atoms with Gasteiger partial charge in [-0.25, -0.2) is 0 Å². The number of ether oxygens (including phenoxy) is 1. The van der Waals surface area contributed by atoms with Crippen LogP contribution in [0.5, 0.6) is 5.75 Å². The maximum Gasteiger partial charge on any atom is 0.295 e. The molecule has 0 spiro atoms. The Morgan fingerprint density at radius 1 is 1.03 bits per heavy atom. The quantitative estimate of drug-likeness (QED) is 0.377. The molecule has 6 heteroatoms. The third kappa shape index (κ3) is 4.05. The Kier molecular flexibility index (Phi) is 5.80. The fraction of sp³-hybridized carbons (Fsp3) is 0.160. The van der Waals surface area contributed by atoms with Gasteiger partial charge in [-0.15, -0.1) is 0 Å². The van der Waals surface area contributed by atoms with Gasteiger partial charge in [-0.05, 0) is 47.9 Å². The second kappa shape index (κ2) is 8.83. The van der Waals surface area contributed by atoms with Gasteiger partial charge in [0.15, 0.2) is 0 Å². The van der Waals surface area contributed by atoms with Crippen molar-refractivity contribution < 1.29 is 19.4 Å². The zero-order valence-corrected chi connectivity index (χ0v) is 17.1. The van der Waals surface area contributed by atoms with Crippen molar-refractivity contribution in [3.8, 4) is 5.75 Å². The second-order valence-corrected chi connectivity index (χ2v) is 7.24. The Hall–Kier alpha value is -3.93. The number of hydrogen-bond acceptors (Lipinski definition) is 5. The van der Waals surface area contributed by atoms with E-state index in [1.807, 2.05) is 30.3 Å². The molecule has 1 aromatic heterocycles. The van der Waals surface area contributed by atoms with Crippen LogP contribution in [0.1, 0.15) is 22.7 Å². The standard InChI is InChI=1S/C25H22N2O4/c1-31-20-11-9-18(10-12-20)23(28)21-22(19-8-5-14-26-16-19)27(25(30)24(21)29)15-13-17-6-3-2-4-7-17/h2-12,14,16,22,28H,13,15H2,1H3/b23-21+. The molecule has 1 unspecified atom stereocenters. The number of methoxy groups -OCH3 is 1. The van der Waals surface area contributed by atoms with Gasteiger partial charge in [-0.3, -0.25) is 14.6 Å². The molecule has 31 heavy (non-hydrogen) atoms. The van der Waals surface area contributed by atoms with Gasteiger partial charge in [0.2, 0.25) is 0 Å². The van der Waals surface area contributed by atoms with E-state index in [0.717, 1.165) is 5.56 Å². The molecule has 1 saturated heterocycles. The molecule has 1 aliphatic heterocycles. The maximum atomic E-state index is 13.0. The number of carbonyl (C=O) groups excluding carboxylic acids is 2. The number of Topliss-reactive ketones (excluding diaryl/α,β-unsaturated/α-hetero) is 1. The van der Waals surface area contributed by atoms with E-state index in [-0.39, 0.29) is 11.3 Å². The molecule has 2 aromatic carbocycles. The summed E-state index contributed by atoms with van der Waals surface area (Å²) in [7, 11) is 1.55. The van der Waals surface area contributed by atoms with Crippen molar-refractivity contribution in [3.63, 3.8) is 0 Å². The number of aromatic nitrogens is 1. The van der Waals surface area contributed by atoms with Crippen LogP contribution in [0.3, 0.4) is 0 Å². The van der Waals surface area contributed by atoms with Crippen LogP contribution in [0.2, 0.25) is 0 Å². The lowest BCUT2D eigenvalue weighted by Gasteiger charge is -2.25. The molecule has 6 nitrogen and oxygen atoms in total. The minimum Gasteiger partial charge on any atom is -0.507 e. The Morgan fingerprint density at radius 3 is 2.42 bits per heavy atom. The third-order valence-electron chi connectivity index (χ3n) is 5.39. The van der Waals surface area contributed by atoms with E-state index in [9.17, 15) is 14.7 Å². The number of hydrogen-bond donors (Lipinski definition) is 1. The smallest absolute Gasteiger partial charge is 0.295 e. The summed E-state index contributed by atoms with van der Waals surface area (Å²) in [5.74, 6) is -0.907. The fourth-order valence-electron chi connectivity index (χ4n) is 3.79. The molecule has 0 saturated carbocycles. The number of nitrogens with zero attached hydrogens (tertiary/aromatic N) is 2. The summed E-state index contributed by atoms with van der Waals surface area (Å²) in [6.45, 7) is 0.341. The topological polar surface area (TPSA) is 79.7 Å². The lowest BCUT2D eigenvalue weighted by Crippen LogP contribution is -2.31. The van der Waals surface area contributed by atoms with Gasteiger partial charge in [0.1, 0.15) is 11.5 Å². The van der Waals surface area contributed by atoms with Gasteiger partial charge < -0.3 is 14.7 Å². The van der Waals surface area contributed by atoms with Gasteiger partial charge in [0, 0.05) is 24.5 Å². The zero-order valence-electron chi connectivity index (χ0n) is 17.1. The maximum absolute atomic E-state index is 13.0. The van der Waals surface area contributed by atoms with E-state index < -0.39 is 17.7 Å². The van der Waals surface area contributed by atoms with Crippen molar-refractivity contribution in [1.82, 2.24) is 9.88 Å². The summed E-state index contributed by atoms with van der Waals surface area (Å²) in [5.41, 5.74) is 2.24. The number of rotatable bonds is 6. The molecule has 1 N–H and O–H groups in total. The molecule has 4 rings (SSSR count). The normalized spacial score (nSPS) is 17.7. The van der Waals surface area contributed by atoms with Crippen molar-refractivity contribution in [3.05, 3.63) is 101 Å². The molecule has 2 heterocycles. The van der Waals surface area contributed by atoms with E-state index >= 15 is 0 Å². The minimum absolute atomic E-state index is 0.0660. The predicted octanol–water partition coefficient (Wildman–Crippen LogP) is 3.75. The van der Waals surface area contributed by atoms with Gasteiger partial charge >= 0.3 is 0 Å². The summed E-state index contributed by atoms with van der Waals surface area (Å²) >= 11 is 0. The number of ketones is 1. The summed E-state index contributed by atoms with van der Waals surface area (Å²) in [6, 6.07) is 19.3. The number of likely N-dealkylation sites (tertiary alicyclic amines) is 1. The van der Waals surface area contributed by atoms with Crippen LogP contribution in [0.25, 0.3) is 5.76 Å². The second-order valence-electron chi connectivity index (χ2n) is 7.24. The average Bonchev–Trinajstić information content (AvgIpc) is 3.08. The Bertz CT molecular complexity index is 1110. The van der Waals surface area contributed by atoms with E-state index in [4.69, 9.17) is 4.74 Å². The SMILES string of the molecule is COc1ccc(/C(O)=C2\C(=O)C(=O)N(CCc3ccccc3)C2c2cccnc2)cc1. The first-order valence-electron chi connectivity index (χ1n) is 9.97. The van der Waals surface area contributed by atoms with Crippen LogP contribution in [-0.4, -0.2) is 40.3 Å². The predicted molar refractivity (Wildman–Crippen MR) is 116 cm³/mol. The molecule has 3 aromatic rings. The summed E-state index contributed by atoms with van der Waals surface area (Å²) < 4.78 is 5.16. The van der Waals surface area contributed by atoms with E-state index in [2.05, 4.69) is 4.98 Å². The van der Waals surface area contributed by atoms with Gasteiger partial charge in [0.25, 0.3) is 11.7 Å². The van der Waals surface area contributed by atoms with Gasteiger partial charge in [0.05, 0.1) is 18.7 Å². The highest BCUT2D eigenvalue weighted by molar-refractivity contribution is 6.46. The number of carbonyl (C=O) groups is 2. The molecular formula is C25H22N2O4. The first-order chi connectivity index (χ1) is 15.1. The van der Waals surface area contributed by atoms with Crippen LogP contribution >= 0.6 is 0 Å². The van der Waals surface area contributed by atoms with Crippen molar-refractivity contribution in [2.75, 3.05) is 13.7 Å². The fourth-order valence-corrected chi connectivity index (χ4v) is 3.79. The first-order valence-corrected chi connectivity index (χ1v) is 9.97. The highest BCUT2D eigenvalue weighted by Crippen LogP contribution is 2.39. The van der Waals surface area contributed by atoms with Crippen molar-refractivity contribution in [2.45, 2.75) is 12.5 Å². The molecule has 0 bridgehead atoms. The molecule has 1 atom stereocenters. The number of aliphatic hydroxyl groups is 1. The van der Waals surface area contributed by atoms with Crippen molar-refractivity contribution in [2.24, 2.45) is 0 Å². The van der Waals surface area contributed by atoms with Crippen LogP contribution in [0.15, 0.2) is 84.7 Å². The van der Waals surface area contributed by atoms with Crippen molar-refractivity contribution >= 4 is 17.4 Å². The zero-order chi connectivity index (χ0) is 21.8. The first kappa shape index (κ1) is 20.3. The lowest BCUT2D eigenvalue weighted by molar-refractivity contribution is -0.139. The van der Waals surface area contributed by atoms with E-state index in [1.54, 1.807) is 55.9 Å². The van der Waals surface area contributed by atoms with Gasteiger partial charge in [-0.2, -0.15) is 0 Å². The monoisotopic (exact) mass is 414 g/mol. The van der Waals surface area contributed by atoms with Crippen molar-refractivity contribution in [1.29, 1.82) is 0 Å². The summed E-state index contributed by atoms with van der Waals surface area (Å²) in [6.07, 6.45) is 3.84. The van der Waals surface area contributed by atoms with E-state index in [0.29, 0.717) is 29.8 Å². The molecule has 1 fully saturated rings. The largest absolute Gasteiger partial charge is 0.507 e. The lowest BCUT2D eigenvalue weighted by atomic mass is 9.96. The molecule has 1 amide bonds. The number of amides is 1. The number of aliphatic hydroxyl groups excluding tert-OH is 1. The minimum atomic E-state index is -0.709. The van der Waals surface area contributed by atoms with Crippen LogP contribution in [0.4, 0.5) is 0 Å². The summed E-state index contributed by atoms with van der Waals surface area (Å²) in [5, 5.41) is 11.0. The highest BCUT2D eigenvalue weighted by atomic mass is 16.5. The molecule has 156 valence electrons. The third-order valence-corrected chi connectivity index (χ3v) is 5.39. The van der Waals surface area contributed by atoms with Crippen LogP contribution in [-0.2, 0) is 16.0 Å². The molecule has 0 radical (unpaired) electrons. The van der Waals surface area contributed by atoms with Crippen LogP contribution < -0.4 is 4.74 Å². The number of benzene rings is 2. The van der Waals surface area contributed by atoms with E-state index in [1.165, 1.54) is 4.90 Å². The Balaban J connectivity index is 1.75. The van der Waals surface area contributed by atoms with Crippen LogP contribution in [0, 0.1) is 0 Å². The highest BCUT2D eigenvalue weighted by Gasteiger charge is 2.45. The summed E-state index contributed by atoms with van der Waals surface area (Å²) in [4.78, 5) is 31.6.